The maximum atomic E-state index is 6.92. The van der Waals surface area contributed by atoms with Gasteiger partial charge < -0.3 is 29.6 Å². The Morgan fingerprint density at radius 1 is 1.00 bits per heavy atom. The van der Waals surface area contributed by atoms with Crippen molar-refractivity contribution in [3.8, 4) is 0 Å². The van der Waals surface area contributed by atoms with Gasteiger partial charge in [-0.1, -0.05) is 52.3 Å². The SMILES string of the molecule is CC1=CCC(OC(C)(C)C)(C(C)(C)C2=[C-]CC=C2)C(C(C)(C)C)=C1.[Cl-].[Cl-].[Ti+3]. The molecule has 0 N–H and O–H groups in total. The molecule has 2 rings (SSSR count). The first-order chi connectivity index (χ1) is 10.8. The molecule has 2 aliphatic rings. The van der Waals surface area contributed by atoms with Crippen molar-refractivity contribution in [2.75, 3.05) is 0 Å². The summed E-state index contributed by atoms with van der Waals surface area (Å²) in [5, 5.41) is 0. The summed E-state index contributed by atoms with van der Waals surface area (Å²) in [5.74, 6) is 0. The number of allylic oxidation sites excluding steroid dienone is 5. The topological polar surface area (TPSA) is 9.23 Å². The number of hydrogen-bond donors (Lipinski definition) is 0. The van der Waals surface area contributed by atoms with Gasteiger partial charge in [-0.05, 0) is 50.5 Å². The molecule has 0 spiro atoms. The van der Waals surface area contributed by atoms with Crippen LogP contribution in [0.3, 0.4) is 0 Å². The quantitative estimate of drug-likeness (QED) is 0.456. The third-order valence-corrected chi connectivity index (χ3v) is 5.18. The molecule has 0 aromatic heterocycles. The molecular formula is C23H35Cl2OTi. The Kier molecular flexibility index (Phi) is 10.7. The van der Waals surface area contributed by atoms with Crippen LogP contribution in [0.1, 0.15) is 75.2 Å². The Bertz CT molecular complexity index is 628. The predicted molar refractivity (Wildman–Crippen MR) is 104 cm³/mol. The van der Waals surface area contributed by atoms with Crippen molar-refractivity contribution in [3.05, 3.63) is 47.1 Å². The molecule has 1 unspecified atom stereocenters. The van der Waals surface area contributed by atoms with Crippen molar-refractivity contribution in [1.82, 2.24) is 0 Å². The summed E-state index contributed by atoms with van der Waals surface area (Å²) in [6, 6.07) is 0. The molecule has 1 radical (unpaired) electrons. The fraction of sp³-hybridized carbons (Fsp3) is 0.652. The van der Waals surface area contributed by atoms with E-state index in [1.54, 1.807) is 0 Å². The first kappa shape index (κ1) is 29.4. The first-order valence-corrected chi connectivity index (χ1v) is 9.17. The molecule has 0 saturated carbocycles. The average Bonchev–Trinajstić information content (AvgIpc) is 2.92. The maximum absolute atomic E-state index is 6.92. The summed E-state index contributed by atoms with van der Waals surface area (Å²) in [4.78, 5) is 0. The van der Waals surface area contributed by atoms with Crippen molar-refractivity contribution in [2.45, 2.75) is 86.4 Å². The van der Waals surface area contributed by atoms with Crippen molar-refractivity contribution in [3.63, 3.8) is 0 Å². The van der Waals surface area contributed by atoms with E-state index in [1.807, 2.05) is 0 Å². The molecule has 0 aromatic rings. The van der Waals surface area contributed by atoms with Crippen LogP contribution < -0.4 is 24.8 Å². The van der Waals surface area contributed by atoms with Crippen LogP contribution in [0.5, 0.6) is 0 Å². The molecule has 1 nitrogen and oxygen atoms in total. The van der Waals surface area contributed by atoms with Crippen molar-refractivity contribution < 1.29 is 51.3 Å². The summed E-state index contributed by atoms with van der Waals surface area (Å²) in [6.07, 6.45) is 14.5. The summed E-state index contributed by atoms with van der Waals surface area (Å²) >= 11 is 0. The zero-order valence-electron chi connectivity index (χ0n) is 18.4. The summed E-state index contributed by atoms with van der Waals surface area (Å²) in [6.45, 7) is 20.2. The van der Waals surface area contributed by atoms with E-state index < -0.39 is 0 Å². The van der Waals surface area contributed by atoms with Crippen LogP contribution in [-0.4, -0.2) is 11.2 Å². The third kappa shape index (κ3) is 6.10. The summed E-state index contributed by atoms with van der Waals surface area (Å²) in [7, 11) is 0. The molecule has 0 bridgehead atoms. The van der Waals surface area contributed by atoms with Crippen LogP contribution in [0.25, 0.3) is 0 Å². The van der Waals surface area contributed by atoms with Crippen LogP contribution >= 0.6 is 0 Å². The number of hydrogen-bond acceptors (Lipinski definition) is 1. The molecule has 4 heteroatoms. The van der Waals surface area contributed by atoms with E-state index in [4.69, 9.17) is 4.74 Å². The molecular weight excluding hydrogens is 411 g/mol. The van der Waals surface area contributed by atoms with E-state index in [0.717, 1.165) is 12.8 Å². The van der Waals surface area contributed by atoms with Crippen LogP contribution in [0.15, 0.2) is 41.0 Å². The zero-order valence-corrected chi connectivity index (χ0v) is 21.5. The molecule has 0 amide bonds. The van der Waals surface area contributed by atoms with Crippen LogP contribution in [-0.2, 0) is 26.5 Å². The molecule has 0 aliphatic heterocycles. The van der Waals surface area contributed by atoms with Crippen molar-refractivity contribution in [1.29, 1.82) is 0 Å². The smallest absolute Gasteiger partial charge is 1.00 e. The second kappa shape index (κ2) is 9.81. The zero-order chi connectivity index (χ0) is 18.4. The molecule has 0 saturated heterocycles. The van der Waals surface area contributed by atoms with E-state index in [-0.39, 0.29) is 68.6 Å². The van der Waals surface area contributed by atoms with E-state index in [2.05, 4.69) is 92.7 Å². The minimum Gasteiger partial charge on any atom is -1.00 e. The second-order valence-corrected chi connectivity index (χ2v) is 9.82. The van der Waals surface area contributed by atoms with E-state index in [9.17, 15) is 0 Å². The molecule has 27 heavy (non-hydrogen) atoms. The van der Waals surface area contributed by atoms with Crippen LogP contribution in [0.4, 0.5) is 0 Å². The van der Waals surface area contributed by atoms with Gasteiger partial charge in [-0.15, -0.1) is 6.42 Å². The van der Waals surface area contributed by atoms with Gasteiger partial charge >= 0.3 is 21.7 Å². The summed E-state index contributed by atoms with van der Waals surface area (Å²) < 4.78 is 6.92. The van der Waals surface area contributed by atoms with Crippen LogP contribution in [0.2, 0.25) is 0 Å². The Balaban J connectivity index is 0. The molecule has 0 aromatic carbocycles. The molecule has 0 fully saturated rings. The van der Waals surface area contributed by atoms with Crippen LogP contribution in [0, 0.1) is 16.9 Å². The van der Waals surface area contributed by atoms with Gasteiger partial charge in [0, 0.05) is 0 Å². The third-order valence-electron chi connectivity index (χ3n) is 5.18. The molecule has 1 atom stereocenters. The van der Waals surface area contributed by atoms with Gasteiger partial charge in [0.25, 0.3) is 0 Å². The van der Waals surface area contributed by atoms with Gasteiger partial charge in [0.1, 0.15) is 5.60 Å². The summed E-state index contributed by atoms with van der Waals surface area (Å²) in [5.41, 5.74) is 3.32. The number of ether oxygens (including phenoxy) is 1. The minimum atomic E-state index is -0.361. The molecule has 0 heterocycles. The minimum absolute atomic E-state index is 0. The van der Waals surface area contributed by atoms with Gasteiger partial charge in [0.05, 0.1) is 5.60 Å². The Morgan fingerprint density at radius 3 is 1.96 bits per heavy atom. The number of rotatable bonds is 3. The fourth-order valence-corrected chi connectivity index (χ4v) is 4.03. The Hall–Kier alpha value is 0.214. The van der Waals surface area contributed by atoms with Crippen molar-refractivity contribution in [2.24, 2.45) is 10.8 Å². The fourth-order valence-electron chi connectivity index (χ4n) is 4.03. The van der Waals surface area contributed by atoms with Gasteiger partial charge in [-0.3, -0.25) is 6.08 Å². The van der Waals surface area contributed by atoms with Gasteiger partial charge in [-0.25, -0.2) is 11.6 Å². The standard InChI is InChI=1S/C23H35O.2ClH.Ti/c1-17-14-15-23(24-21(5,6)7,19(16-17)20(2,3)4)22(8,9)18-12-10-11-13-18;;;/h10,12,14,16H,11,15H2,1-9H3;2*1H;/q-1;;;+3/p-2. The Morgan fingerprint density at radius 2 is 1.56 bits per heavy atom. The van der Waals surface area contributed by atoms with Crippen molar-refractivity contribution >= 4 is 0 Å². The predicted octanol–water partition coefficient (Wildman–Crippen LogP) is 0.584. The normalized spacial score (nSPS) is 22.6. The Labute approximate surface area is 194 Å². The number of halogens is 2. The van der Waals surface area contributed by atoms with E-state index in [1.165, 1.54) is 16.7 Å². The van der Waals surface area contributed by atoms with Gasteiger partial charge in [0.15, 0.2) is 0 Å². The van der Waals surface area contributed by atoms with Gasteiger partial charge in [0.2, 0.25) is 0 Å². The second-order valence-electron chi connectivity index (χ2n) is 9.82. The average molecular weight is 446 g/mol. The maximum Gasteiger partial charge on any atom is 3.00 e. The monoisotopic (exact) mass is 445 g/mol. The van der Waals surface area contributed by atoms with Gasteiger partial charge in [-0.2, -0.15) is 6.08 Å². The largest absolute Gasteiger partial charge is 3.00 e. The van der Waals surface area contributed by atoms with E-state index in [0.29, 0.717) is 0 Å². The molecule has 2 aliphatic carbocycles. The first-order valence-electron chi connectivity index (χ1n) is 9.17. The van der Waals surface area contributed by atoms with E-state index >= 15 is 0 Å². The molecule has 151 valence electrons.